The van der Waals surface area contributed by atoms with Gasteiger partial charge in [0, 0.05) is 12.6 Å². The molecule has 19 heavy (non-hydrogen) atoms. The van der Waals surface area contributed by atoms with Gasteiger partial charge in [0.25, 0.3) is 0 Å². The van der Waals surface area contributed by atoms with Crippen LogP contribution in [0.3, 0.4) is 0 Å². The molecule has 0 aromatic heterocycles. The lowest BCUT2D eigenvalue weighted by Crippen LogP contribution is -2.25. The summed E-state index contributed by atoms with van der Waals surface area (Å²) < 4.78 is 10.6. The second-order valence-corrected chi connectivity index (χ2v) is 6.13. The fraction of sp³-hybridized carbons (Fsp3) is 0.600. The van der Waals surface area contributed by atoms with E-state index < -0.39 is 0 Å². The molecule has 1 aromatic rings. The third-order valence-electron chi connectivity index (χ3n) is 3.51. The Labute approximate surface area is 120 Å². The van der Waals surface area contributed by atoms with E-state index in [0.717, 1.165) is 30.5 Å². The average molecular weight is 281 g/mol. The molecule has 1 fully saturated rings. The highest BCUT2D eigenvalue weighted by atomic mass is 32.2. The standard InChI is InChI=1S/C15H23NO2S/c1-17-14-7-13(8-15(9-14)18-2)11-16-10-12-3-5-19-6-4-12/h7-9,12,16H,3-6,10-11H2,1-2H3. The maximum Gasteiger partial charge on any atom is 0.122 e. The molecule has 0 aliphatic carbocycles. The average Bonchev–Trinajstić information content (AvgIpc) is 2.48. The van der Waals surface area contributed by atoms with Crippen LogP contribution >= 0.6 is 11.8 Å². The van der Waals surface area contributed by atoms with Crippen LogP contribution < -0.4 is 14.8 Å². The molecule has 1 heterocycles. The molecule has 0 saturated carbocycles. The first-order valence-corrected chi connectivity index (χ1v) is 7.97. The number of thioether (sulfide) groups is 1. The molecule has 0 spiro atoms. The van der Waals surface area contributed by atoms with Crippen molar-refractivity contribution in [1.29, 1.82) is 0 Å². The predicted octanol–water partition coefficient (Wildman–Crippen LogP) is 2.94. The monoisotopic (exact) mass is 281 g/mol. The normalized spacial score (nSPS) is 16.3. The summed E-state index contributed by atoms with van der Waals surface area (Å²) in [7, 11) is 3.37. The molecule has 0 bridgehead atoms. The lowest BCUT2D eigenvalue weighted by Gasteiger charge is -2.21. The smallest absolute Gasteiger partial charge is 0.122 e. The van der Waals surface area contributed by atoms with Crippen molar-refractivity contribution in [3.63, 3.8) is 0 Å². The van der Waals surface area contributed by atoms with Gasteiger partial charge in [-0.15, -0.1) is 0 Å². The van der Waals surface area contributed by atoms with Crippen LogP contribution in [0.4, 0.5) is 0 Å². The van der Waals surface area contributed by atoms with E-state index in [0.29, 0.717) is 0 Å². The Kier molecular flexibility index (Phi) is 5.86. The molecule has 0 amide bonds. The highest BCUT2D eigenvalue weighted by Gasteiger charge is 2.13. The Morgan fingerprint density at radius 3 is 2.32 bits per heavy atom. The summed E-state index contributed by atoms with van der Waals surface area (Å²) in [5.41, 5.74) is 1.21. The van der Waals surface area contributed by atoms with Crippen molar-refractivity contribution in [1.82, 2.24) is 5.32 Å². The quantitative estimate of drug-likeness (QED) is 0.868. The van der Waals surface area contributed by atoms with Gasteiger partial charge in [0.15, 0.2) is 0 Å². The van der Waals surface area contributed by atoms with E-state index in [2.05, 4.69) is 29.2 Å². The summed E-state index contributed by atoms with van der Waals surface area (Å²) in [5, 5.41) is 3.55. The highest BCUT2D eigenvalue weighted by Crippen LogP contribution is 2.23. The van der Waals surface area contributed by atoms with Gasteiger partial charge in [-0.2, -0.15) is 11.8 Å². The maximum absolute atomic E-state index is 5.28. The minimum absolute atomic E-state index is 0.841. The SMILES string of the molecule is COc1cc(CNCC2CCSCC2)cc(OC)c1. The van der Waals surface area contributed by atoms with Crippen LogP contribution in [0.5, 0.6) is 11.5 Å². The van der Waals surface area contributed by atoms with Crippen molar-refractivity contribution < 1.29 is 9.47 Å². The first-order valence-electron chi connectivity index (χ1n) is 6.82. The Morgan fingerprint density at radius 2 is 1.74 bits per heavy atom. The van der Waals surface area contributed by atoms with E-state index in [-0.39, 0.29) is 0 Å². The first-order chi connectivity index (χ1) is 9.31. The number of methoxy groups -OCH3 is 2. The molecule has 1 saturated heterocycles. The number of hydrogen-bond donors (Lipinski definition) is 1. The topological polar surface area (TPSA) is 30.5 Å². The van der Waals surface area contributed by atoms with Gasteiger partial charge in [-0.3, -0.25) is 0 Å². The molecule has 0 atom stereocenters. The number of ether oxygens (including phenoxy) is 2. The van der Waals surface area contributed by atoms with Gasteiger partial charge in [0.05, 0.1) is 14.2 Å². The number of rotatable bonds is 6. The van der Waals surface area contributed by atoms with Gasteiger partial charge in [-0.25, -0.2) is 0 Å². The molecule has 4 heteroatoms. The van der Waals surface area contributed by atoms with E-state index in [4.69, 9.17) is 9.47 Å². The summed E-state index contributed by atoms with van der Waals surface area (Å²) in [6.07, 6.45) is 2.69. The Morgan fingerprint density at radius 1 is 1.11 bits per heavy atom. The van der Waals surface area contributed by atoms with E-state index in [9.17, 15) is 0 Å². The molecule has 1 aromatic carbocycles. The van der Waals surface area contributed by atoms with Crippen molar-refractivity contribution in [3.05, 3.63) is 23.8 Å². The fourth-order valence-corrected chi connectivity index (χ4v) is 3.54. The van der Waals surface area contributed by atoms with Crippen molar-refractivity contribution in [2.45, 2.75) is 19.4 Å². The molecular weight excluding hydrogens is 258 g/mol. The van der Waals surface area contributed by atoms with E-state index in [1.807, 2.05) is 6.07 Å². The number of nitrogens with one attached hydrogen (secondary N) is 1. The van der Waals surface area contributed by atoms with Gasteiger partial charge < -0.3 is 14.8 Å². The van der Waals surface area contributed by atoms with Crippen LogP contribution in [-0.4, -0.2) is 32.3 Å². The van der Waals surface area contributed by atoms with Crippen molar-refractivity contribution in [3.8, 4) is 11.5 Å². The van der Waals surface area contributed by atoms with Crippen LogP contribution in [0.15, 0.2) is 18.2 Å². The first kappa shape index (κ1) is 14.5. The van der Waals surface area contributed by atoms with Crippen LogP contribution in [0.1, 0.15) is 18.4 Å². The molecule has 3 nitrogen and oxygen atoms in total. The summed E-state index contributed by atoms with van der Waals surface area (Å²) in [6.45, 7) is 1.98. The Balaban J connectivity index is 1.84. The minimum atomic E-state index is 0.841. The lowest BCUT2D eigenvalue weighted by atomic mass is 10.0. The van der Waals surface area contributed by atoms with Gasteiger partial charge in [-0.05, 0) is 54.5 Å². The molecule has 106 valence electrons. The second-order valence-electron chi connectivity index (χ2n) is 4.91. The molecule has 1 aliphatic rings. The minimum Gasteiger partial charge on any atom is -0.497 e. The molecular formula is C15H23NO2S. The van der Waals surface area contributed by atoms with Gasteiger partial charge >= 0.3 is 0 Å². The van der Waals surface area contributed by atoms with Gasteiger partial charge in [0.1, 0.15) is 11.5 Å². The van der Waals surface area contributed by atoms with Crippen LogP contribution in [0.2, 0.25) is 0 Å². The summed E-state index contributed by atoms with van der Waals surface area (Å²) in [6, 6.07) is 6.03. The van der Waals surface area contributed by atoms with E-state index >= 15 is 0 Å². The number of benzene rings is 1. The Hall–Kier alpha value is -0.870. The van der Waals surface area contributed by atoms with Crippen molar-refractivity contribution in [2.24, 2.45) is 5.92 Å². The fourth-order valence-electron chi connectivity index (χ4n) is 2.34. The zero-order valence-corrected chi connectivity index (χ0v) is 12.6. The van der Waals surface area contributed by atoms with Crippen molar-refractivity contribution in [2.75, 3.05) is 32.3 Å². The Bertz CT molecular complexity index is 369. The number of hydrogen-bond acceptors (Lipinski definition) is 4. The third kappa shape index (κ3) is 4.62. The summed E-state index contributed by atoms with van der Waals surface area (Å²) in [5.74, 6) is 5.18. The summed E-state index contributed by atoms with van der Waals surface area (Å²) >= 11 is 2.08. The van der Waals surface area contributed by atoms with Gasteiger partial charge in [-0.1, -0.05) is 0 Å². The second kappa shape index (κ2) is 7.65. The zero-order chi connectivity index (χ0) is 13.5. The highest BCUT2D eigenvalue weighted by molar-refractivity contribution is 7.99. The van der Waals surface area contributed by atoms with Crippen molar-refractivity contribution >= 4 is 11.8 Å². The van der Waals surface area contributed by atoms with E-state index in [1.54, 1.807) is 14.2 Å². The van der Waals surface area contributed by atoms with Gasteiger partial charge in [0.2, 0.25) is 0 Å². The summed E-state index contributed by atoms with van der Waals surface area (Å²) in [4.78, 5) is 0. The zero-order valence-electron chi connectivity index (χ0n) is 11.8. The van der Waals surface area contributed by atoms with Crippen LogP contribution in [0.25, 0.3) is 0 Å². The molecule has 1 N–H and O–H groups in total. The maximum atomic E-state index is 5.28. The van der Waals surface area contributed by atoms with Crippen LogP contribution in [0, 0.1) is 5.92 Å². The van der Waals surface area contributed by atoms with E-state index in [1.165, 1.54) is 29.9 Å². The molecule has 1 aliphatic heterocycles. The molecule has 2 rings (SSSR count). The lowest BCUT2D eigenvalue weighted by molar-refractivity contribution is 0.392. The molecule has 0 radical (unpaired) electrons. The predicted molar refractivity (Wildman–Crippen MR) is 81.3 cm³/mol. The van der Waals surface area contributed by atoms with Crippen LogP contribution in [-0.2, 0) is 6.54 Å². The molecule has 0 unspecified atom stereocenters. The largest absolute Gasteiger partial charge is 0.497 e. The third-order valence-corrected chi connectivity index (χ3v) is 4.56.